The summed E-state index contributed by atoms with van der Waals surface area (Å²) in [5, 5.41) is 27.3. The molecule has 0 bridgehead atoms. The number of H-pyrrole nitrogens is 1. The van der Waals surface area contributed by atoms with Crippen molar-refractivity contribution in [2.24, 2.45) is 17.4 Å². The van der Waals surface area contributed by atoms with Crippen LogP contribution in [0.2, 0.25) is 0 Å². The van der Waals surface area contributed by atoms with Gasteiger partial charge in [0, 0.05) is 29.9 Å². The lowest BCUT2D eigenvalue weighted by molar-refractivity contribution is -0.142. The van der Waals surface area contributed by atoms with Crippen LogP contribution in [0.4, 0.5) is 0 Å². The summed E-state index contributed by atoms with van der Waals surface area (Å²) in [6, 6.07) is 2.89. The van der Waals surface area contributed by atoms with Crippen LogP contribution in [0.5, 0.6) is 0 Å². The van der Waals surface area contributed by atoms with Crippen LogP contribution in [0.25, 0.3) is 10.9 Å². The SMILES string of the molecule is CCC(C)C(NC(=O)C(N)CCC(=O)O)C(=O)NC(Cc1c[nH]c2ccccc12)C(=O)NC(CCCCN)C(=O)O. The van der Waals surface area contributed by atoms with Crippen LogP contribution >= 0.6 is 0 Å². The highest BCUT2D eigenvalue weighted by Gasteiger charge is 2.33. The van der Waals surface area contributed by atoms with Crippen molar-refractivity contribution in [1.29, 1.82) is 0 Å². The van der Waals surface area contributed by atoms with Crippen molar-refractivity contribution in [3.05, 3.63) is 36.0 Å². The molecule has 10 N–H and O–H groups in total. The Balaban J connectivity index is 2.30. The number of carboxylic acid groups (broad SMARTS) is 2. The van der Waals surface area contributed by atoms with E-state index in [1.54, 1.807) is 13.1 Å². The first-order valence-corrected chi connectivity index (χ1v) is 13.8. The molecule has 0 spiro atoms. The molecule has 5 unspecified atom stereocenters. The van der Waals surface area contributed by atoms with Crippen molar-refractivity contribution >= 4 is 40.6 Å². The van der Waals surface area contributed by atoms with Crippen molar-refractivity contribution in [1.82, 2.24) is 20.9 Å². The van der Waals surface area contributed by atoms with Gasteiger partial charge in [-0.25, -0.2) is 4.79 Å². The van der Waals surface area contributed by atoms with E-state index in [0.717, 1.165) is 16.5 Å². The minimum Gasteiger partial charge on any atom is -0.481 e. The summed E-state index contributed by atoms with van der Waals surface area (Å²) in [4.78, 5) is 65.5. The number of fused-ring (bicyclic) bond motifs is 1. The molecule has 226 valence electrons. The number of aromatic amines is 1. The van der Waals surface area contributed by atoms with Gasteiger partial charge in [0.05, 0.1) is 6.04 Å². The van der Waals surface area contributed by atoms with Gasteiger partial charge in [-0.3, -0.25) is 19.2 Å². The van der Waals surface area contributed by atoms with Crippen LogP contribution in [-0.2, 0) is 30.4 Å². The molecule has 1 aromatic heterocycles. The number of carboxylic acids is 2. The number of rotatable bonds is 18. The molecular formula is C28H42N6O7. The quantitative estimate of drug-likeness (QED) is 0.116. The first-order chi connectivity index (χ1) is 19.5. The van der Waals surface area contributed by atoms with Gasteiger partial charge in [-0.15, -0.1) is 0 Å². The molecule has 2 rings (SSSR count). The predicted molar refractivity (Wildman–Crippen MR) is 153 cm³/mol. The molecule has 13 nitrogen and oxygen atoms in total. The Kier molecular flexibility index (Phi) is 13.2. The second kappa shape index (κ2) is 16.3. The lowest BCUT2D eigenvalue weighted by Gasteiger charge is -2.28. The summed E-state index contributed by atoms with van der Waals surface area (Å²) in [6.45, 7) is 3.97. The molecule has 0 aliphatic carbocycles. The number of aliphatic carboxylic acids is 2. The third-order valence-corrected chi connectivity index (χ3v) is 7.09. The van der Waals surface area contributed by atoms with Gasteiger partial charge in [-0.2, -0.15) is 0 Å². The van der Waals surface area contributed by atoms with E-state index >= 15 is 0 Å². The zero-order valence-corrected chi connectivity index (χ0v) is 23.5. The van der Waals surface area contributed by atoms with Crippen molar-refractivity contribution < 1.29 is 34.2 Å². The van der Waals surface area contributed by atoms with E-state index < -0.39 is 53.8 Å². The number of unbranched alkanes of at least 4 members (excludes halogenated alkanes) is 1. The number of hydrogen-bond acceptors (Lipinski definition) is 7. The molecular weight excluding hydrogens is 532 g/mol. The molecule has 5 atom stereocenters. The number of para-hydroxylation sites is 1. The van der Waals surface area contributed by atoms with E-state index in [2.05, 4.69) is 20.9 Å². The number of benzene rings is 1. The third-order valence-electron chi connectivity index (χ3n) is 7.09. The fourth-order valence-electron chi connectivity index (χ4n) is 4.39. The summed E-state index contributed by atoms with van der Waals surface area (Å²) in [5.74, 6) is -4.67. The molecule has 0 saturated heterocycles. The smallest absolute Gasteiger partial charge is 0.326 e. The molecule has 3 amide bonds. The Morgan fingerprint density at radius 1 is 0.927 bits per heavy atom. The van der Waals surface area contributed by atoms with Gasteiger partial charge in [-0.1, -0.05) is 38.5 Å². The molecule has 0 radical (unpaired) electrons. The number of nitrogens with two attached hydrogens (primary N) is 2. The van der Waals surface area contributed by atoms with E-state index in [4.69, 9.17) is 16.6 Å². The Labute approximate surface area is 238 Å². The summed E-state index contributed by atoms with van der Waals surface area (Å²) >= 11 is 0. The van der Waals surface area contributed by atoms with Gasteiger partial charge in [0.2, 0.25) is 17.7 Å². The molecule has 41 heavy (non-hydrogen) atoms. The van der Waals surface area contributed by atoms with E-state index in [-0.39, 0.29) is 31.6 Å². The maximum atomic E-state index is 13.5. The number of carbonyl (C=O) groups is 5. The third kappa shape index (κ3) is 10.2. The Hall–Kier alpha value is -3.97. The maximum absolute atomic E-state index is 13.5. The minimum atomic E-state index is -1.20. The second-order valence-corrected chi connectivity index (χ2v) is 10.2. The summed E-state index contributed by atoms with van der Waals surface area (Å²) in [5.41, 5.74) is 12.9. The summed E-state index contributed by atoms with van der Waals surface area (Å²) in [7, 11) is 0. The highest BCUT2D eigenvalue weighted by Crippen LogP contribution is 2.20. The van der Waals surface area contributed by atoms with Gasteiger partial charge < -0.3 is 42.6 Å². The van der Waals surface area contributed by atoms with E-state index in [1.807, 2.05) is 31.2 Å². The number of amides is 3. The standard InChI is InChI=1S/C28H42N6O7/c1-3-16(2)24(34-25(37)19(30)11-12-23(35)36)27(39)33-22(14-17-15-31-20-9-5-4-8-18(17)20)26(38)32-21(28(40)41)10-6-7-13-29/h4-5,8-9,15-16,19,21-22,24,31H,3,6-7,10-14,29-30H2,1-2H3,(H,32,38)(H,33,39)(H,34,37)(H,35,36)(H,40,41). The van der Waals surface area contributed by atoms with Crippen molar-refractivity contribution in [3.63, 3.8) is 0 Å². The Morgan fingerprint density at radius 3 is 2.24 bits per heavy atom. The molecule has 0 fully saturated rings. The lowest BCUT2D eigenvalue weighted by Crippen LogP contribution is -2.59. The van der Waals surface area contributed by atoms with Gasteiger partial charge in [0.1, 0.15) is 18.1 Å². The highest BCUT2D eigenvalue weighted by molar-refractivity contribution is 5.95. The fraction of sp³-hybridized carbons (Fsp3) is 0.536. The predicted octanol–water partition coefficient (Wildman–Crippen LogP) is 0.617. The van der Waals surface area contributed by atoms with Crippen molar-refractivity contribution in [3.8, 4) is 0 Å². The Bertz CT molecular complexity index is 1200. The van der Waals surface area contributed by atoms with Gasteiger partial charge >= 0.3 is 11.9 Å². The normalized spacial score (nSPS) is 14.8. The van der Waals surface area contributed by atoms with E-state index in [9.17, 15) is 29.1 Å². The molecule has 0 aliphatic rings. The highest BCUT2D eigenvalue weighted by atomic mass is 16.4. The second-order valence-electron chi connectivity index (χ2n) is 10.2. The first kappa shape index (κ1) is 33.2. The molecule has 1 heterocycles. The molecule has 1 aromatic carbocycles. The van der Waals surface area contributed by atoms with Crippen LogP contribution in [0, 0.1) is 5.92 Å². The van der Waals surface area contributed by atoms with Crippen molar-refractivity contribution in [2.45, 2.75) is 83.0 Å². The number of carbonyl (C=O) groups excluding carboxylic acids is 3. The first-order valence-electron chi connectivity index (χ1n) is 13.8. The van der Waals surface area contributed by atoms with Crippen LogP contribution in [-0.4, -0.2) is 75.6 Å². The van der Waals surface area contributed by atoms with Gasteiger partial charge in [0.15, 0.2) is 0 Å². The average molecular weight is 575 g/mol. The maximum Gasteiger partial charge on any atom is 0.326 e. The summed E-state index contributed by atoms with van der Waals surface area (Å²) in [6.07, 6.45) is 3.13. The van der Waals surface area contributed by atoms with Crippen molar-refractivity contribution in [2.75, 3.05) is 6.54 Å². The van der Waals surface area contributed by atoms with Gasteiger partial charge in [-0.05, 0) is 49.8 Å². The molecule has 0 saturated carbocycles. The fourth-order valence-corrected chi connectivity index (χ4v) is 4.39. The molecule has 0 aliphatic heterocycles. The van der Waals surface area contributed by atoms with E-state index in [1.165, 1.54) is 0 Å². The van der Waals surface area contributed by atoms with Gasteiger partial charge in [0.25, 0.3) is 0 Å². The monoisotopic (exact) mass is 574 g/mol. The number of nitrogens with one attached hydrogen (secondary N) is 4. The van der Waals surface area contributed by atoms with E-state index in [0.29, 0.717) is 25.8 Å². The van der Waals surface area contributed by atoms with Crippen LogP contribution < -0.4 is 27.4 Å². The minimum absolute atomic E-state index is 0.0516. The molecule has 13 heteroatoms. The zero-order valence-electron chi connectivity index (χ0n) is 23.5. The topological polar surface area (TPSA) is 230 Å². The molecule has 2 aromatic rings. The van der Waals surface area contributed by atoms with Crippen LogP contribution in [0.3, 0.4) is 0 Å². The lowest BCUT2D eigenvalue weighted by atomic mass is 9.96. The average Bonchev–Trinajstić information content (AvgIpc) is 3.35. The summed E-state index contributed by atoms with van der Waals surface area (Å²) < 4.78 is 0. The number of hydrogen-bond donors (Lipinski definition) is 8. The van der Waals surface area contributed by atoms with Crippen LogP contribution in [0.15, 0.2) is 30.5 Å². The number of aromatic nitrogens is 1. The zero-order chi connectivity index (χ0) is 30.5. The Morgan fingerprint density at radius 2 is 1.61 bits per heavy atom. The largest absolute Gasteiger partial charge is 0.481 e. The van der Waals surface area contributed by atoms with Crippen LogP contribution in [0.1, 0.15) is 57.9 Å².